The van der Waals surface area contributed by atoms with E-state index in [1.165, 1.54) is 4.80 Å². The minimum absolute atomic E-state index is 0.614. The van der Waals surface area contributed by atoms with E-state index in [4.69, 9.17) is 10.5 Å². The first-order valence-electron chi connectivity index (χ1n) is 4.92. The fourth-order valence-corrected chi connectivity index (χ4v) is 1.69. The van der Waals surface area contributed by atoms with Gasteiger partial charge in [0.2, 0.25) is 0 Å². The number of nitrogens with zero attached hydrogens (tertiary/aromatic N) is 3. The summed E-state index contributed by atoms with van der Waals surface area (Å²) in [5.41, 5.74) is 9.21. The smallest absolute Gasteiger partial charge is 0.151 e. The molecule has 0 unspecified atom stereocenters. The van der Waals surface area contributed by atoms with E-state index in [-0.39, 0.29) is 0 Å². The summed E-state index contributed by atoms with van der Waals surface area (Å²) < 4.78 is 5.29. The van der Waals surface area contributed by atoms with Crippen molar-refractivity contribution >= 4 is 5.69 Å². The molecule has 16 heavy (non-hydrogen) atoms. The molecule has 0 fully saturated rings. The van der Waals surface area contributed by atoms with Crippen LogP contribution in [-0.2, 0) is 7.05 Å². The summed E-state index contributed by atoms with van der Waals surface area (Å²) in [6.07, 6.45) is 1.69. The molecule has 0 saturated carbocycles. The van der Waals surface area contributed by atoms with E-state index in [9.17, 15) is 0 Å². The summed E-state index contributed by atoms with van der Waals surface area (Å²) in [5.74, 6) is 0.645. The Bertz CT molecular complexity index is 519. The minimum Gasteiger partial charge on any atom is -0.494 e. The number of ether oxygens (including phenoxy) is 1. The first-order chi connectivity index (χ1) is 7.61. The fraction of sp³-hybridized carbons (Fsp3) is 0.273. The maximum Gasteiger partial charge on any atom is 0.151 e. The van der Waals surface area contributed by atoms with Crippen molar-refractivity contribution in [2.45, 2.75) is 6.92 Å². The van der Waals surface area contributed by atoms with Crippen LogP contribution >= 0.6 is 0 Å². The predicted molar refractivity (Wildman–Crippen MR) is 62.1 cm³/mol. The molecule has 0 bridgehead atoms. The van der Waals surface area contributed by atoms with Gasteiger partial charge in [-0.25, -0.2) is 0 Å². The third-order valence-corrected chi connectivity index (χ3v) is 2.34. The fourth-order valence-electron chi connectivity index (χ4n) is 1.69. The quantitative estimate of drug-likeness (QED) is 0.773. The normalized spacial score (nSPS) is 10.4. The van der Waals surface area contributed by atoms with E-state index in [0.717, 1.165) is 16.8 Å². The van der Waals surface area contributed by atoms with Crippen LogP contribution in [0.15, 0.2) is 18.3 Å². The molecule has 2 rings (SSSR count). The van der Waals surface area contributed by atoms with E-state index in [1.807, 2.05) is 19.1 Å². The van der Waals surface area contributed by atoms with Gasteiger partial charge in [0, 0.05) is 12.6 Å². The number of methoxy groups -OCH3 is 1. The number of rotatable bonds is 2. The molecule has 1 aromatic carbocycles. The Morgan fingerprint density at radius 1 is 1.38 bits per heavy atom. The Balaban J connectivity index is 2.63. The number of aryl methyl sites for hydroxylation is 2. The van der Waals surface area contributed by atoms with Gasteiger partial charge in [0.15, 0.2) is 5.75 Å². The zero-order chi connectivity index (χ0) is 11.7. The molecule has 0 aliphatic rings. The van der Waals surface area contributed by atoms with Crippen molar-refractivity contribution in [1.29, 1.82) is 0 Å². The van der Waals surface area contributed by atoms with Gasteiger partial charge in [0.25, 0.3) is 0 Å². The zero-order valence-corrected chi connectivity index (χ0v) is 9.56. The summed E-state index contributed by atoms with van der Waals surface area (Å²) in [4.78, 5) is 1.51. The molecule has 0 aliphatic carbocycles. The van der Waals surface area contributed by atoms with Crippen molar-refractivity contribution in [3.63, 3.8) is 0 Å². The van der Waals surface area contributed by atoms with Crippen molar-refractivity contribution in [3.8, 4) is 17.0 Å². The molecule has 2 N–H and O–H groups in total. The van der Waals surface area contributed by atoms with E-state index in [1.54, 1.807) is 20.4 Å². The molecule has 5 nitrogen and oxygen atoms in total. The molecule has 0 aliphatic heterocycles. The number of hydrogen-bond donors (Lipinski definition) is 1. The number of nitrogens with two attached hydrogens (primary N) is 1. The molecule has 2 aromatic rings. The van der Waals surface area contributed by atoms with Gasteiger partial charge in [-0.15, -0.1) is 0 Å². The highest BCUT2D eigenvalue weighted by atomic mass is 16.5. The lowest BCUT2D eigenvalue weighted by Gasteiger charge is -2.10. The topological polar surface area (TPSA) is 66.0 Å². The van der Waals surface area contributed by atoms with Crippen LogP contribution in [0, 0.1) is 6.92 Å². The first-order valence-corrected chi connectivity index (χ1v) is 4.92. The molecule has 5 heteroatoms. The summed E-state index contributed by atoms with van der Waals surface area (Å²) >= 11 is 0. The van der Waals surface area contributed by atoms with Crippen LogP contribution in [-0.4, -0.2) is 22.1 Å². The lowest BCUT2D eigenvalue weighted by molar-refractivity contribution is 0.418. The van der Waals surface area contributed by atoms with Crippen LogP contribution < -0.4 is 10.5 Å². The summed E-state index contributed by atoms with van der Waals surface area (Å²) in [6.45, 7) is 1.98. The minimum atomic E-state index is 0.614. The highest BCUT2D eigenvalue weighted by Crippen LogP contribution is 2.34. The maximum atomic E-state index is 5.90. The molecule has 1 heterocycles. The largest absolute Gasteiger partial charge is 0.494 e. The van der Waals surface area contributed by atoms with Crippen LogP contribution in [0.2, 0.25) is 0 Å². The Morgan fingerprint density at radius 2 is 2.12 bits per heavy atom. The number of aromatic nitrogens is 3. The zero-order valence-electron chi connectivity index (χ0n) is 9.56. The number of hydrogen-bond acceptors (Lipinski definition) is 4. The Morgan fingerprint density at radius 3 is 2.69 bits per heavy atom. The standard InChI is InChI=1S/C11H14N4O/c1-7-4-8(10-6-13-15(2)14-10)11(16-3)9(12)5-7/h4-6H,12H2,1-3H3. The SMILES string of the molecule is COc1c(N)cc(C)cc1-c1cnn(C)n1. The average molecular weight is 218 g/mol. The number of benzene rings is 1. The van der Waals surface area contributed by atoms with E-state index >= 15 is 0 Å². The van der Waals surface area contributed by atoms with E-state index < -0.39 is 0 Å². The predicted octanol–water partition coefficient (Wildman–Crippen LogP) is 1.38. The van der Waals surface area contributed by atoms with E-state index in [2.05, 4.69) is 10.2 Å². The molecular weight excluding hydrogens is 204 g/mol. The highest BCUT2D eigenvalue weighted by molar-refractivity contribution is 5.75. The average Bonchev–Trinajstić information content (AvgIpc) is 2.63. The van der Waals surface area contributed by atoms with Crippen LogP contribution in [0.4, 0.5) is 5.69 Å². The molecule has 0 radical (unpaired) electrons. The molecule has 0 atom stereocenters. The second-order valence-electron chi connectivity index (χ2n) is 3.65. The van der Waals surface area contributed by atoms with Gasteiger partial charge >= 0.3 is 0 Å². The van der Waals surface area contributed by atoms with Crippen molar-refractivity contribution in [2.24, 2.45) is 7.05 Å². The van der Waals surface area contributed by atoms with Gasteiger partial charge in [-0.2, -0.15) is 15.0 Å². The van der Waals surface area contributed by atoms with Gasteiger partial charge in [-0.1, -0.05) is 0 Å². The second kappa shape index (κ2) is 3.84. The van der Waals surface area contributed by atoms with Crippen LogP contribution in [0.25, 0.3) is 11.3 Å². The molecule has 0 spiro atoms. The summed E-state index contributed by atoms with van der Waals surface area (Å²) in [5, 5.41) is 8.28. The lowest BCUT2D eigenvalue weighted by atomic mass is 10.1. The van der Waals surface area contributed by atoms with E-state index in [0.29, 0.717) is 11.4 Å². The third-order valence-electron chi connectivity index (χ3n) is 2.34. The number of nitrogen functional groups attached to an aromatic ring is 1. The second-order valence-corrected chi connectivity index (χ2v) is 3.65. The summed E-state index contributed by atoms with van der Waals surface area (Å²) in [7, 11) is 3.37. The Kier molecular flexibility index (Phi) is 2.52. The van der Waals surface area contributed by atoms with Gasteiger partial charge in [0.1, 0.15) is 5.69 Å². The first kappa shape index (κ1) is 10.5. The van der Waals surface area contributed by atoms with Crippen LogP contribution in [0.3, 0.4) is 0 Å². The third kappa shape index (κ3) is 1.71. The van der Waals surface area contributed by atoms with Gasteiger partial charge in [-0.05, 0) is 24.6 Å². The molecule has 1 aromatic heterocycles. The molecule has 0 saturated heterocycles. The number of anilines is 1. The highest BCUT2D eigenvalue weighted by Gasteiger charge is 2.12. The van der Waals surface area contributed by atoms with Gasteiger partial charge < -0.3 is 10.5 Å². The van der Waals surface area contributed by atoms with Crippen molar-refractivity contribution in [1.82, 2.24) is 15.0 Å². The van der Waals surface area contributed by atoms with Crippen LogP contribution in [0.1, 0.15) is 5.56 Å². The van der Waals surface area contributed by atoms with Crippen molar-refractivity contribution in [2.75, 3.05) is 12.8 Å². The monoisotopic (exact) mass is 218 g/mol. The molecule has 0 amide bonds. The van der Waals surface area contributed by atoms with Crippen molar-refractivity contribution < 1.29 is 4.74 Å². The molecular formula is C11H14N4O. The Hall–Kier alpha value is -2.04. The van der Waals surface area contributed by atoms with Gasteiger partial charge in [0.05, 0.1) is 19.0 Å². The molecule has 84 valence electrons. The summed E-state index contributed by atoms with van der Waals surface area (Å²) in [6, 6.07) is 3.86. The maximum absolute atomic E-state index is 5.90. The van der Waals surface area contributed by atoms with Crippen molar-refractivity contribution in [3.05, 3.63) is 23.9 Å². The lowest BCUT2D eigenvalue weighted by Crippen LogP contribution is -1.97. The van der Waals surface area contributed by atoms with Crippen LogP contribution in [0.5, 0.6) is 5.75 Å². The van der Waals surface area contributed by atoms with Gasteiger partial charge in [-0.3, -0.25) is 0 Å². The Labute approximate surface area is 93.8 Å².